The van der Waals surface area contributed by atoms with E-state index in [1.807, 2.05) is 6.07 Å². The van der Waals surface area contributed by atoms with E-state index in [0.29, 0.717) is 5.76 Å². The average Bonchev–Trinajstić information content (AvgIpc) is 2.93. The second kappa shape index (κ2) is 5.75. The number of rotatable bonds is 5. The standard InChI is InChI=1S/C13H9N3O5/c14-6-8-1-3-11(16(19)20)10(5-8)15-7-9-2-4-12(21-9)13(17)18/h1-5,15H,7H2,(H,17,18). The number of carboxylic acid groups (broad SMARTS) is 1. The van der Waals surface area contributed by atoms with Gasteiger partial charge in [-0.2, -0.15) is 5.26 Å². The van der Waals surface area contributed by atoms with E-state index in [-0.39, 0.29) is 29.2 Å². The van der Waals surface area contributed by atoms with Gasteiger partial charge in [-0.25, -0.2) is 4.79 Å². The Kier molecular flexibility index (Phi) is 3.85. The fourth-order valence-corrected chi connectivity index (χ4v) is 1.68. The Morgan fingerprint density at radius 2 is 2.19 bits per heavy atom. The smallest absolute Gasteiger partial charge is 0.371 e. The highest BCUT2D eigenvalue weighted by Crippen LogP contribution is 2.26. The van der Waals surface area contributed by atoms with Crippen molar-refractivity contribution in [3.05, 3.63) is 57.5 Å². The molecule has 1 aromatic heterocycles. The van der Waals surface area contributed by atoms with E-state index >= 15 is 0 Å². The van der Waals surface area contributed by atoms with Crippen LogP contribution in [0.15, 0.2) is 34.7 Å². The molecule has 21 heavy (non-hydrogen) atoms. The summed E-state index contributed by atoms with van der Waals surface area (Å²) in [5.74, 6) is -1.10. The molecule has 2 aromatic rings. The Morgan fingerprint density at radius 1 is 1.43 bits per heavy atom. The van der Waals surface area contributed by atoms with Gasteiger partial charge < -0.3 is 14.8 Å². The largest absolute Gasteiger partial charge is 0.475 e. The zero-order valence-corrected chi connectivity index (χ0v) is 10.6. The highest BCUT2D eigenvalue weighted by molar-refractivity contribution is 5.84. The van der Waals surface area contributed by atoms with Crippen LogP contribution in [0.25, 0.3) is 0 Å². The van der Waals surface area contributed by atoms with Crippen LogP contribution in [0.5, 0.6) is 0 Å². The van der Waals surface area contributed by atoms with Gasteiger partial charge in [-0.15, -0.1) is 0 Å². The SMILES string of the molecule is N#Cc1ccc([N+](=O)[O-])c(NCc2ccc(C(=O)O)o2)c1. The lowest BCUT2D eigenvalue weighted by Crippen LogP contribution is -2.02. The van der Waals surface area contributed by atoms with E-state index < -0.39 is 10.9 Å². The van der Waals surface area contributed by atoms with Crippen molar-refractivity contribution in [1.29, 1.82) is 5.26 Å². The Hall–Kier alpha value is -3.34. The number of nitrogens with one attached hydrogen (secondary N) is 1. The molecule has 2 N–H and O–H groups in total. The lowest BCUT2D eigenvalue weighted by Gasteiger charge is -2.05. The molecule has 0 spiro atoms. The molecule has 0 radical (unpaired) electrons. The van der Waals surface area contributed by atoms with Crippen LogP contribution in [-0.2, 0) is 6.54 Å². The van der Waals surface area contributed by atoms with E-state index in [4.69, 9.17) is 14.8 Å². The number of carboxylic acids is 1. The molecule has 0 aliphatic heterocycles. The molecule has 8 nitrogen and oxygen atoms in total. The monoisotopic (exact) mass is 287 g/mol. The Morgan fingerprint density at radius 3 is 2.76 bits per heavy atom. The molecule has 1 heterocycles. The number of benzene rings is 1. The topological polar surface area (TPSA) is 129 Å². The molecule has 0 bridgehead atoms. The van der Waals surface area contributed by atoms with Gasteiger partial charge >= 0.3 is 5.97 Å². The first-order valence-electron chi connectivity index (χ1n) is 5.75. The van der Waals surface area contributed by atoms with Gasteiger partial charge in [0.05, 0.1) is 23.1 Å². The van der Waals surface area contributed by atoms with Gasteiger partial charge in [0, 0.05) is 6.07 Å². The molecule has 1 aromatic carbocycles. The molecule has 0 saturated heterocycles. The van der Waals surface area contributed by atoms with Crippen LogP contribution in [0.1, 0.15) is 21.9 Å². The van der Waals surface area contributed by atoms with Crippen molar-refractivity contribution in [3.63, 3.8) is 0 Å². The van der Waals surface area contributed by atoms with Crippen LogP contribution >= 0.6 is 0 Å². The van der Waals surface area contributed by atoms with Gasteiger partial charge in [-0.05, 0) is 24.3 Å². The summed E-state index contributed by atoms with van der Waals surface area (Å²) in [4.78, 5) is 21.0. The maximum atomic E-state index is 10.9. The number of hydrogen-bond acceptors (Lipinski definition) is 6. The molecule has 0 atom stereocenters. The minimum Gasteiger partial charge on any atom is -0.475 e. The number of aromatic carboxylic acids is 1. The van der Waals surface area contributed by atoms with Gasteiger partial charge in [-0.1, -0.05) is 0 Å². The van der Waals surface area contributed by atoms with E-state index in [9.17, 15) is 14.9 Å². The lowest BCUT2D eigenvalue weighted by molar-refractivity contribution is -0.384. The van der Waals surface area contributed by atoms with Crippen LogP contribution in [0.3, 0.4) is 0 Å². The van der Waals surface area contributed by atoms with Crippen LogP contribution in [0.4, 0.5) is 11.4 Å². The maximum Gasteiger partial charge on any atom is 0.371 e. The Bertz CT molecular complexity index is 745. The number of nitrogens with zero attached hydrogens (tertiary/aromatic N) is 2. The molecule has 0 unspecified atom stereocenters. The van der Waals surface area contributed by atoms with E-state index in [0.717, 1.165) is 0 Å². The van der Waals surface area contributed by atoms with Crippen molar-refractivity contribution in [2.45, 2.75) is 6.54 Å². The first-order valence-corrected chi connectivity index (χ1v) is 5.75. The lowest BCUT2D eigenvalue weighted by atomic mass is 10.2. The van der Waals surface area contributed by atoms with Gasteiger partial charge in [0.1, 0.15) is 11.4 Å². The second-order valence-electron chi connectivity index (χ2n) is 4.03. The van der Waals surface area contributed by atoms with Crippen molar-refractivity contribution in [1.82, 2.24) is 0 Å². The first-order chi connectivity index (χ1) is 10.0. The van der Waals surface area contributed by atoms with E-state index in [2.05, 4.69) is 5.32 Å². The highest BCUT2D eigenvalue weighted by atomic mass is 16.6. The number of nitro groups is 1. The zero-order valence-electron chi connectivity index (χ0n) is 10.6. The maximum absolute atomic E-state index is 10.9. The third-order valence-corrected chi connectivity index (χ3v) is 2.65. The molecule has 0 aliphatic rings. The normalized spacial score (nSPS) is 9.86. The van der Waals surface area contributed by atoms with Crippen molar-refractivity contribution in [2.24, 2.45) is 0 Å². The molecule has 2 rings (SSSR count). The minimum absolute atomic E-state index is 0.0585. The van der Waals surface area contributed by atoms with Crippen LogP contribution in [-0.4, -0.2) is 16.0 Å². The van der Waals surface area contributed by atoms with Gasteiger partial charge in [0.15, 0.2) is 0 Å². The Labute approximate surface area is 118 Å². The summed E-state index contributed by atoms with van der Waals surface area (Å²) in [5.41, 5.74) is 0.250. The quantitative estimate of drug-likeness (QED) is 0.637. The van der Waals surface area contributed by atoms with Crippen molar-refractivity contribution in [2.75, 3.05) is 5.32 Å². The summed E-state index contributed by atoms with van der Waals surface area (Å²) in [7, 11) is 0. The number of anilines is 1. The molecular weight excluding hydrogens is 278 g/mol. The summed E-state index contributed by atoms with van der Waals surface area (Å²) >= 11 is 0. The molecule has 0 fully saturated rings. The van der Waals surface area contributed by atoms with Gasteiger partial charge in [-0.3, -0.25) is 10.1 Å². The van der Waals surface area contributed by atoms with Crippen molar-refractivity contribution in [3.8, 4) is 6.07 Å². The summed E-state index contributed by atoms with van der Waals surface area (Å²) in [5, 5.41) is 31.2. The van der Waals surface area contributed by atoms with Crippen LogP contribution in [0, 0.1) is 21.4 Å². The third-order valence-electron chi connectivity index (χ3n) is 2.65. The number of furan rings is 1. The zero-order chi connectivity index (χ0) is 15.4. The third kappa shape index (κ3) is 3.16. The fraction of sp³-hybridized carbons (Fsp3) is 0.0769. The molecule has 0 saturated carbocycles. The van der Waals surface area contributed by atoms with Crippen LogP contribution in [0.2, 0.25) is 0 Å². The summed E-state index contributed by atoms with van der Waals surface area (Å²) < 4.78 is 5.03. The fourth-order valence-electron chi connectivity index (χ4n) is 1.68. The molecule has 0 aliphatic carbocycles. The molecule has 0 amide bonds. The van der Waals surface area contributed by atoms with Gasteiger partial charge in [0.25, 0.3) is 5.69 Å². The van der Waals surface area contributed by atoms with Crippen LogP contribution < -0.4 is 5.32 Å². The summed E-state index contributed by atoms with van der Waals surface area (Å²) in [6.45, 7) is 0.0585. The second-order valence-corrected chi connectivity index (χ2v) is 4.03. The summed E-state index contributed by atoms with van der Waals surface area (Å²) in [6.07, 6.45) is 0. The molecular formula is C13H9N3O5. The Balaban J connectivity index is 2.20. The van der Waals surface area contributed by atoms with E-state index in [1.54, 1.807) is 0 Å². The average molecular weight is 287 g/mol. The van der Waals surface area contributed by atoms with Crippen molar-refractivity contribution < 1.29 is 19.2 Å². The number of nitriles is 1. The number of hydrogen-bond donors (Lipinski definition) is 2. The van der Waals surface area contributed by atoms with Crippen molar-refractivity contribution >= 4 is 17.3 Å². The predicted octanol–water partition coefficient (Wildman–Crippen LogP) is 2.37. The summed E-state index contributed by atoms with van der Waals surface area (Å²) in [6, 6.07) is 8.55. The highest BCUT2D eigenvalue weighted by Gasteiger charge is 2.15. The van der Waals surface area contributed by atoms with E-state index in [1.165, 1.54) is 30.3 Å². The molecule has 8 heteroatoms. The first kappa shape index (κ1) is 14.1. The minimum atomic E-state index is -1.20. The van der Waals surface area contributed by atoms with Gasteiger partial charge in [0.2, 0.25) is 5.76 Å². The number of nitro benzene ring substituents is 1. The predicted molar refractivity (Wildman–Crippen MR) is 70.8 cm³/mol. The molecule has 106 valence electrons. The number of carbonyl (C=O) groups is 1.